The molecule has 0 aliphatic carbocycles. The number of amides is 1. The smallest absolute Gasteiger partial charge is 0.254 e. The number of anilines is 1. The molecule has 1 aromatic carbocycles. The van der Waals surface area contributed by atoms with E-state index in [0.29, 0.717) is 5.69 Å². The molecular formula is C14H21FN2O2. The second-order valence-electron chi connectivity index (χ2n) is 5.07. The molecule has 0 saturated carbocycles. The molecule has 0 aromatic heterocycles. The Labute approximate surface area is 113 Å². The zero-order valence-corrected chi connectivity index (χ0v) is 11.8. The van der Waals surface area contributed by atoms with Crippen LogP contribution in [0.25, 0.3) is 0 Å². The van der Waals surface area contributed by atoms with Crippen molar-refractivity contribution in [1.29, 1.82) is 0 Å². The molecule has 0 fully saturated rings. The van der Waals surface area contributed by atoms with Crippen LogP contribution in [0.5, 0.6) is 0 Å². The van der Waals surface area contributed by atoms with Crippen LogP contribution in [0.15, 0.2) is 18.2 Å². The van der Waals surface area contributed by atoms with Crippen molar-refractivity contribution in [1.82, 2.24) is 5.32 Å². The summed E-state index contributed by atoms with van der Waals surface area (Å²) in [7, 11) is 3.60. The molecule has 2 N–H and O–H groups in total. The molecule has 5 heteroatoms. The van der Waals surface area contributed by atoms with E-state index in [0.717, 1.165) is 0 Å². The molecular weight excluding hydrogens is 247 g/mol. The number of halogens is 1. The summed E-state index contributed by atoms with van der Waals surface area (Å²) >= 11 is 0. The van der Waals surface area contributed by atoms with Crippen molar-refractivity contribution in [3.8, 4) is 0 Å². The molecule has 1 aromatic rings. The van der Waals surface area contributed by atoms with Crippen molar-refractivity contribution in [2.45, 2.75) is 19.9 Å². The number of hydrogen-bond acceptors (Lipinski definition) is 3. The third-order valence-corrected chi connectivity index (χ3v) is 3.03. The summed E-state index contributed by atoms with van der Waals surface area (Å²) in [6, 6.07) is 4.08. The van der Waals surface area contributed by atoms with Gasteiger partial charge in [-0.1, -0.05) is 13.8 Å². The topological polar surface area (TPSA) is 52.6 Å². The van der Waals surface area contributed by atoms with Gasteiger partial charge in [0.15, 0.2) is 0 Å². The Morgan fingerprint density at radius 2 is 2.05 bits per heavy atom. The maximum atomic E-state index is 13.9. The van der Waals surface area contributed by atoms with Crippen LogP contribution in [0.2, 0.25) is 0 Å². The first-order chi connectivity index (χ1) is 8.86. The molecule has 0 aliphatic heterocycles. The number of benzene rings is 1. The predicted octanol–water partition coefficient (Wildman–Crippen LogP) is 1.64. The van der Waals surface area contributed by atoms with E-state index in [9.17, 15) is 9.18 Å². The SMILES string of the molecule is CC(C)[C@@H](CO)NC(=O)c1ccc(N(C)C)cc1F. The average molecular weight is 268 g/mol. The van der Waals surface area contributed by atoms with Gasteiger partial charge < -0.3 is 15.3 Å². The standard InChI is InChI=1S/C14H21FN2O2/c1-9(2)13(8-18)16-14(19)11-6-5-10(17(3)4)7-12(11)15/h5-7,9,13,18H,8H2,1-4H3,(H,16,19)/t13-/m1/s1. The van der Waals surface area contributed by atoms with Gasteiger partial charge in [0.25, 0.3) is 5.91 Å². The molecule has 19 heavy (non-hydrogen) atoms. The largest absolute Gasteiger partial charge is 0.394 e. The molecule has 0 heterocycles. The van der Waals surface area contributed by atoms with Crippen LogP contribution in [0, 0.1) is 11.7 Å². The van der Waals surface area contributed by atoms with Gasteiger partial charge >= 0.3 is 0 Å². The first-order valence-electron chi connectivity index (χ1n) is 6.25. The van der Waals surface area contributed by atoms with Crippen molar-refractivity contribution < 1.29 is 14.3 Å². The Bertz CT molecular complexity index is 447. The number of hydrogen-bond donors (Lipinski definition) is 2. The normalized spacial score (nSPS) is 12.4. The zero-order chi connectivity index (χ0) is 14.6. The van der Waals surface area contributed by atoms with Gasteiger partial charge in [0, 0.05) is 19.8 Å². The molecule has 0 bridgehead atoms. The maximum Gasteiger partial charge on any atom is 0.254 e. The van der Waals surface area contributed by atoms with Crippen LogP contribution in [0.4, 0.5) is 10.1 Å². The van der Waals surface area contributed by atoms with E-state index in [1.54, 1.807) is 25.1 Å². The Balaban J connectivity index is 2.88. The molecule has 1 rings (SSSR count). The van der Waals surface area contributed by atoms with E-state index >= 15 is 0 Å². The summed E-state index contributed by atoms with van der Waals surface area (Å²) in [4.78, 5) is 13.7. The Morgan fingerprint density at radius 3 is 2.47 bits per heavy atom. The van der Waals surface area contributed by atoms with E-state index in [1.165, 1.54) is 12.1 Å². The molecule has 1 atom stereocenters. The van der Waals surface area contributed by atoms with Crippen molar-refractivity contribution in [3.63, 3.8) is 0 Å². The summed E-state index contributed by atoms with van der Waals surface area (Å²) in [5, 5.41) is 11.8. The van der Waals surface area contributed by atoms with Crippen LogP contribution < -0.4 is 10.2 Å². The number of nitrogens with one attached hydrogen (secondary N) is 1. The van der Waals surface area contributed by atoms with Gasteiger partial charge in [0.2, 0.25) is 0 Å². The van der Waals surface area contributed by atoms with Gasteiger partial charge in [-0.15, -0.1) is 0 Å². The number of carbonyl (C=O) groups excluding carboxylic acids is 1. The van der Waals surface area contributed by atoms with Crippen molar-refractivity contribution in [3.05, 3.63) is 29.6 Å². The van der Waals surface area contributed by atoms with E-state index in [2.05, 4.69) is 5.32 Å². The number of aliphatic hydroxyl groups excluding tert-OH is 1. The minimum absolute atomic E-state index is 0.00954. The van der Waals surface area contributed by atoms with E-state index in [-0.39, 0.29) is 24.1 Å². The van der Waals surface area contributed by atoms with Crippen LogP contribution in [-0.4, -0.2) is 37.8 Å². The lowest BCUT2D eigenvalue weighted by Gasteiger charge is -2.20. The summed E-state index contributed by atoms with van der Waals surface area (Å²) in [5.41, 5.74) is 0.682. The van der Waals surface area contributed by atoms with Crippen LogP contribution in [-0.2, 0) is 0 Å². The quantitative estimate of drug-likeness (QED) is 0.853. The molecule has 0 aliphatic rings. The van der Waals surface area contributed by atoms with Gasteiger partial charge in [-0.05, 0) is 24.1 Å². The van der Waals surface area contributed by atoms with Gasteiger partial charge in [0.1, 0.15) is 5.82 Å². The lowest BCUT2D eigenvalue weighted by Crippen LogP contribution is -2.41. The van der Waals surface area contributed by atoms with Crippen LogP contribution in [0.3, 0.4) is 0 Å². The Kier molecular flexibility index (Phi) is 5.30. The fraction of sp³-hybridized carbons (Fsp3) is 0.500. The summed E-state index contributed by atoms with van der Waals surface area (Å²) in [6.45, 7) is 3.60. The van der Waals surface area contributed by atoms with Crippen molar-refractivity contribution in [2.75, 3.05) is 25.6 Å². The van der Waals surface area contributed by atoms with Crippen molar-refractivity contribution in [2.24, 2.45) is 5.92 Å². The first-order valence-corrected chi connectivity index (χ1v) is 6.25. The molecule has 1 amide bonds. The molecule has 106 valence electrons. The third-order valence-electron chi connectivity index (χ3n) is 3.03. The minimum atomic E-state index is -0.566. The number of nitrogens with zero attached hydrogens (tertiary/aromatic N) is 1. The number of carbonyl (C=O) groups is 1. The van der Waals surface area contributed by atoms with E-state index in [4.69, 9.17) is 5.11 Å². The monoisotopic (exact) mass is 268 g/mol. The third kappa shape index (κ3) is 3.92. The summed E-state index contributed by atoms with van der Waals surface area (Å²) in [5.74, 6) is -0.988. The van der Waals surface area contributed by atoms with Gasteiger partial charge in [-0.2, -0.15) is 0 Å². The molecule has 0 radical (unpaired) electrons. The fourth-order valence-electron chi connectivity index (χ4n) is 1.64. The molecule has 0 saturated heterocycles. The highest BCUT2D eigenvalue weighted by molar-refractivity contribution is 5.95. The minimum Gasteiger partial charge on any atom is -0.394 e. The molecule has 4 nitrogen and oxygen atoms in total. The summed E-state index contributed by atoms with van der Waals surface area (Å²) < 4.78 is 13.9. The molecule has 0 spiro atoms. The van der Waals surface area contributed by atoms with E-state index in [1.807, 2.05) is 13.8 Å². The molecule has 0 unspecified atom stereocenters. The zero-order valence-electron chi connectivity index (χ0n) is 11.8. The number of rotatable bonds is 5. The second kappa shape index (κ2) is 6.52. The van der Waals surface area contributed by atoms with Crippen molar-refractivity contribution >= 4 is 11.6 Å². The lowest BCUT2D eigenvalue weighted by molar-refractivity contribution is 0.0893. The lowest BCUT2D eigenvalue weighted by atomic mass is 10.0. The number of aliphatic hydroxyl groups is 1. The average Bonchev–Trinajstić information content (AvgIpc) is 2.34. The fourth-order valence-corrected chi connectivity index (χ4v) is 1.64. The highest BCUT2D eigenvalue weighted by Crippen LogP contribution is 2.17. The Morgan fingerprint density at radius 1 is 1.42 bits per heavy atom. The van der Waals surface area contributed by atoms with E-state index < -0.39 is 11.7 Å². The first kappa shape index (κ1) is 15.4. The summed E-state index contributed by atoms with van der Waals surface area (Å²) in [6.07, 6.45) is 0. The predicted molar refractivity (Wildman–Crippen MR) is 73.9 cm³/mol. The van der Waals surface area contributed by atoms with Gasteiger partial charge in [-0.3, -0.25) is 4.79 Å². The van der Waals surface area contributed by atoms with Crippen LogP contribution >= 0.6 is 0 Å². The second-order valence-corrected chi connectivity index (χ2v) is 5.07. The van der Waals surface area contributed by atoms with Gasteiger partial charge in [0.05, 0.1) is 18.2 Å². The maximum absolute atomic E-state index is 13.9. The van der Waals surface area contributed by atoms with Crippen LogP contribution in [0.1, 0.15) is 24.2 Å². The Hall–Kier alpha value is -1.62. The van der Waals surface area contributed by atoms with Gasteiger partial charge in [-0.25, -0.2) is 4.39 Å². The highest BCUT2D eigenvalue weighted by Gasteiger charge is 2.18. The highest BCUT2D eigenvalue weighted by atomic mass is 19.1.